The zero-order chi connectivity index (χ0) is 9.23. The van der Waals surface area contributed by atoms with E-state index in [0.717, 1.165) is 26.1 Å². The monoisotopic (exact) mass is 173 g/mol. The summed E-state index contributed by atoms with van der Waals surface area (Å²) in [5, 5.41) is 3.30. The van der Waals surface area contributed by atoms with Gasteiger partial charge in [0, 0.05) is 19.3 Å². The molecule has 2 nitrogen and oxygen atoms in total. The van der Waals surface area contributed by atoms with Crippen LogP contribution in [0.15, 0.2) is 0 Å². The molecule has 0 rings (SSSR count). The van der Waals surface area contributed by atoms with E-state index in [1.165, 1.54) is 12.8 Å². The molecule has 0 radical (unpaired) electrons. The van der Waals surface area contributed by atoms with Crippen molar-refractivity contribution in [2.75, 3.05) is 20.3 Å². The molecule has 1 atom stereocenters. The Hall–Kier alpha value is -0.0800. The van der Waals surface area contributed by atoms with Gasteiger partial charge < -0.3 is 10.1 Å². The second-order valence-electron chi connectivity index (χ2n) is 3.18. The van der Waals surface area contributed by atoms with Crippen molar-refractivity contribution in [3.8, 4) is 0 Å². The zero-order valence-corrected chi connectivity index (χ0v) is 8.73. The molecule has 74 valence electrons. The number of rotatable bonds is 8. The molecule has 0 aromatic rings. The van der Waals surface area contributed by atoms with Crippen LogP contribution in [0.2, 0.25) is 0 Å². The molecule has 0 aliphatic rings. The largest absolute Gasteiger partial charge is 0.381 e. The molecule has 1 unspecified atom stereocenters. The molecule has 0 aromatic heterocycles. The Morgan fingerprint density at radius 2 is 1.83 bits per heavy atom. The van der Waals surface area contributed by atoms with E-state index < -0.39 is 0 Å². The van der Waals surface area contributed by atoms with Gasteiger partial charge in [-0.2, -0.15) is 0 Å². The van der Waals surface area contributed by atoms with Crippen LogP contribution >= 0.6 is 0 Å². The Morgan fingerprint density at radius 3 is 2.33 bits per heavy atom. The molecule has 0 spiro atoms. The van der Waals surface area contributed by atoms with E-state index in [4.69, 9.17) is 4.74 Å². The fourth-order valence-electron chi connectivity index (χ4n) is 1.25. The maximum Gasteiger partial charge on any atom is 0.0480 e. The normalized spacial score (nSPS) is 13.2. The lowest BCUT2D eigenvalue weighted by Crippen LogP contribution is -2.26. The third-order valence-corrected chi connectivity index (χ3v) is 2.00. The Kier molecular flexibility index (Phi) is 8.95. The molecule has 0 aliphatic carbocycles. The first-order chi connectivity index (χ1) is 5.85. The zero-order valence-electron chi connectivity index (χ0n) is 8.73. The van der Waals surface area contributed by atoms with E-state index in [0.29, 0.717) is 6.04 Å². The number of hydrogen-bond acceptors (Lipinski definition) is 2. The van der Waals surface area contributed by atoms with Crippen molar-refractivity contribution in [2.45, 2.75) is 45.6 Å². The van der Waals surface area contributed by atoms with Crippen LogP contribution in [0.3, 0.4) is 0 Å². The first-order valence-corrected chi connectivity index (χ1v) is 5.10. The van der Waals surface area contributed by atoms with Gasteiger partial charge in [-0.3, -0.25) is 0 Å². The highest BCUT2D eigenvalue weighted by atomic mass is 16.5. The molecule has 0 bridgehead atoms. The summed E-state index contributed by atoms with van der Waals surface area (Å²) in [5.74, 6) is 0. The summed E-state index contributed by atoms with van der Waals surface area (Å²) in [6, 6.07) is 0.645. The fraction of sp³-hybridized carbons (Fsp3) is 1.00. The summed E-state index contributed by atoms with van der Waals surface area (Å²) in [7, 11) is 2.03. The lowest BCUT2D eigenvalue weighted by Gasteiger charge is -2.14. The standard InChI is InChI=1S/C10H23NO/c1-4-6-10(11-3)7-9-12-8-5-2/h10-11H,4-9H2,1-3H3. The van der Waals surface area contributed by atoms with Gasteiger partial charge in [0.05, 0.1) is 0 Å². The molecule has 0 heterocycles. The average Bonchev–Trinajstić information content (AvgIpc) is 2.10. The summed E-state index contributed by atoms with van der Waals surface area (Å²) in [6.07, 6.45) is 4.77. The average molecular weight is 173 g/mol. The maximum atomic E-state index is 5.42. The van der Waals surface area contributed by atoms with Gasteiger partial charge in [-0.15, -0.1) is 0 Å². The summed E-state index contributed by atoms with van der Waals surface area (Å²) >= 11 is 0. The van der Waals surface area contributed by atoms with Gasteiger partial charge in [0.1, 0.15) is 0 Å². The molecular weight excluding hydrogens is 150 g/mol. The van der Waals surface area contributed by atoms with Crippen LogP contribution < -0.4 is 5.32 Å². The molecular formula is C10H23NO. The summed E-state index contributed by atoms with van der Waals surface area (Å²) < 4.78 is 5.42. The van der Waals surface area contributed by atoms with Crippen LogP contribution in [0.4, 0.5) is 0 Å². The summed E-state index contributed by atoms with van der Waals surface area (Å²) in [4.78, 5) is 0. The van der Waals surface area contributed by atoms with Gasteiger partial charge in [0.15, 0.2) is 0 Å². The Bertz CT molecular complexity index is 85.9. The quantitative estimate of drug-likeness (QED) is 0.568. The minimum Gasteiger partial charge on any atom is -0.381 e. The van der Waals surface area contributed by atoms with Crippen LogP contribution in [0.1, 0.15) is 39.5 Å². The SMILES string of the molecule is CCCOCCC(CCC)NC. The van der Waals surface area contributed by atoms with Crippen molar-refractivity contribution in [3.63, 3.8) is 0 Å². The molecule has 2 heteroatoms. The molecule has 0 amide bonds. The van der Waals surface area contributed by atoms with E-state index >= 15 is 0 Å². The Balaban J connectivity index is 3.19. The summed E-state index contributed by atoms with van der Waals surface area (Å²) in [6.45, 7) is 6.17. The second kappa shape index (κ2) is 9.01. The summed E-state index contributed by atoms with van der Waals surface area (Å²) in [5.41, 5.74) is 0. The highest BCUT2D eigenvalue weighted by Crippen LogP contribution is 2.01. The van der Waals surface area contributed by atoms with Crippen molar-refractivity contribution >= 4 is 0 Å². The van der Waals surface area contributed by atoms with E-state index in [9.17, 15) is 0 Å². The fourth-order valence-corrected chi connectivity index (χ4v) is 1.25. The minimum atomic E-state index is 0.645. The highest BCUT2D eigenvalue weighted by Gasteiger charge is 2.02. The predicted molar refractivity (Wildman–Crippen MR) is 53.5 cm³/mol. The van der Waals surface area contributed by atoms with Gasteiger partial charge >= 0.3 is 0 Å². The van der Waals surface area contributed by atoms with Crippen molar-refractivity contribution in [2.24, 2.45) is 0 Å². The van der Waals surface area contributed by atoms with Crippen LogP contribution in [0, 0.1) is 0 Å². The third kappa shape index (κ3) is 6.62. The first-order valence-electron chi connectivity index (χ1n) is 5.10. The smallest absolute Gasteiger partial charge is 0.0480 e. The maximum absolute atomic E-state index is 5.42. The van der Waals surface area contributed by atoms with Gasteiger partial charge in [0.2, 0.25) is 0 Å². The van der Waals surface area contributed by atoms with E-state index in [1.807, 2.05) is 7.05 Å². The highest BCUT2D eigenvalue weighted by molar-refractivity contribution is 4.62. The van der Waals surface area contributed by atoms with Crippen LogP contribution in [0.25, 0.3) is 0 Å². The van der Waals surface area contributed by atoms with Crippen molar-refractivity contribution in [3.05, 3.63) is 0 Å². The first kappa shape index (κ1) is 11.9. The second-order valence-corrected chi connectivity index (χ2v) is 3.18. The molecule has 0 saturated carbocycles. The van der Waals surface area contributed by atoms with Gasteiger partial charge in [-0.1, -0.05) is 20.3 Å². The number of nitrogens with one attached hydrogen (secondary N) is 1. The molecule has 0 saturated heterocycles. The Morgan fingerprint density at radius 1 is 1.08 bits per heavy atom. The van der Waals surface area contributed by atoms with Gasteiger partial charge in [-0.05, 0) is 26.3 Å². The number of ether oxygens (including phenoxy) is 1. The lowest BCUT2D eigenvalue weighted by molar-refractivity contribution is 0.124. The third-order valence-electron chi connectivity index (χ3n) is 2.00. The van der Waals surface area contributed by atoms with Crippen LogP contribution in [0.5, 0.6) is 0 Å². The number of hydrogen-bond donors (Lipinski definition) is 1. The minimum absolute atomic E-state index is 0.645. The molecule has 0 aliphatic heterocycles. The molecule has 0 aromatic carbocycles. The van der Waals surface area contributed by atoms with Crippen LogP contribution in [-0.4, -0.2) is 26.3 Å². The van der Waals surface area contributed by atoms with Gasteiger partial charge in [-0.25, -0.2) is 0 Å². The van der Waals surface area contributed by atoms with Crippen molar-refractivity contribution < 1.29 is 4.74 Å². The van der Waals surface area contributed by atoms with Crippen molar-refractivity contribution in [1.29, 1.82) is 0 Å². The molecule has 0 fully saturated rings. The van der Waals surface area contributed by atoms with Crippen molar-refractivity contribution in [1.82, 2.24) is 5.32 Å². The van der Waals surface area contributed by atoms with E-state index in [2.05, 4.69) is 19.2 Å². The molecule has 12 heavy (non-hydrogen) atoms. The molecule has 1 N–H and O–H groups in total. The predicted octanol–water partition coefficient (Wildman–Crippen LogP) is 2.19. The topological polar surface area (TPSA) is 21.3 Å². The van der Waals surface area contributed by atoms with Gasteiger partial charge in [0.25, 0.3) is 0 Å². The van der Waals surface area contributed by atoms with E-state index in [-0.39, 0.29) is 0 Å². The lowest BCUT2D eigenvalue weighted by atomic mass is 10.1. The van der Waals surface area contributed by atoms with E-state index in [1.54, 1.807) is 0 Å². The van der Waals surface area contributed by atoms with Crippen LogP contribution in [-0.2, 0) is 4.74 Å². The Labute approximate surface area is 76.7 Å².